The monoisotopic (exact) mass is 358 g/mol. The number of rotatable bonds is 6. The minimum absolute atomic E-state index is 0.195. The van der Waals surface area contributed by atoms with Gasteiger partial charge >= 0.3 is 0 Å². The van der Waals surface area contributed by atoms with Gasteiger partial charge in [0.15, 0.2) is 18.8 Å². The molecule has 1 aromatic heterocycles. The quantitative estimate of drug-likeness (QED) is 0.711. The van der Waals surface area contributed by atoms with Crippen LogP contribution in [0.25, 0.3) is 11.3 Å². The number of carbonyl (C=O) groups excluding carboxylic acids is 1. The first-order chi connectivity index (χ1) is 12.5. The second-order valence-corrected chi connectivity index (χ2v) is 5.99. The van der Waals surface area contributed by atoms with Crippen molar-refractivity contribution in [2.24, 2.45) is 0 Å². The van der Waals surface area contributed by atoms with Crippen LogP contribution in [0.3, 0.4) is 0 Å². The van der Waals surface area contributed by atoms with Gasteiger partial charge in [0.25, 0.3) is 11.8 Å². The van der Waals surface area contributed by atoms with Gasteiger partial charge in [-0.25, -0.2) is 13.8 Å². The molecule has 0 aliphatic rings. The van der Waals surface area contributed by atoms with Gasteiger partial charge in [-0.1, -0.05) is 0 Å². The maximum absolute atomic E-state index is 13.0. The molecular weight excluding hydrogens is 340 g/mol. The van der Waals surface area contributed by atoms with E-state index in [1.807, 2.05) is 7.05 Å². The van der Waals surface area contributed by atoms with Crippen molar-refractivity contribution >= 4 is 11.6 Å². The molecule has 0 spiro atoms. The van der Waals surface area contributed by atoms with Crippen LogP contribution in [0.5, 0.6) is 0 Å². The van der Waals surface area contributed by atoms with E-state index in [4.69, 9.17) is 4.42 Å². The number of amides is 1. The molecule has 3 rings (SSSR count). The van der Waals surface area contributed by atoms with Crippen molar-refractivity contribution in [1.29, 1.82) is 0 Å². The minimum Gasteiger partial charge on any atom is -0.435 e. The average Bonchev–Trinajstić information content (AvgIpc) is 3.05. The Morgan fingerprint density at radius 3 is 2.35 bits per heavy atom. The molecule has 7 heteroatoms. The number of benzene rings is 2. The van der Waals surface area contributed by atoms with Crippen LogP contribution in [0.15, 0.2) is 59.1 Å². The van der Waals surface area contributed by atoms with Gasteiger partial charge in [-0.3, -0.25) is 4.79 Å². The van der Waals surface area contributed by atoms with Gasteiger partial charge in [0.1, 0.15) is 11.6 Å². The van der Waals surface area contributed by atoms with E-state index in [1.54, 1.807) is 18.3 Å². The molecule has 2 N–H and O–H groups in total. The van der Waals surface area contributed by atoms with E-state index >= 15 is 0 Å². The highest BCUT2D eigenvalue weighted by molar-refractivity contribution is 5.91. The smallest absolute Gasteiger partial charge is 0.279 e. The van der Waals surface area contributed by atoms with E-state index < -0.39 is 0 Å². The first-order valence-corrected chi connectivity index (χ1v) is 8.07. The number of nitrogens with one attached hydrogen (secondary N) is 2. The number of quaternary nitrogens is 1. The third kappa shape index (κ3) is 4.73. The van der Waals surface area contributed by atoms with E-state index in [0.717, 1.165) is 10.5 Å². The highest BCUT2D eigenvalue weighted by Gasteiger charge is 2.15. The third-order valence-corrected chi connectivity index (χ3v) is 3.73. The van der Waals surface area contributed by atoms with Crippen molar-refractivity contribution in [3.05, 3.63) is 72.3 Å². The molecule has 5 nitrogen and oxygen atoms in total. The predicted octanol–water partition coefficient (Wildman–Crippen LogP) is 2.27. The van der Waals surface area contributed by atoms with Crippen molar-refractivity contribution in [3.63, 3.8) is 0 Å². The summed E-state index contributed by atoms with van der Waals surface area (Å²) >= 11 is 0. The number of likely N-dealkylation sites (N-methyl/N-ethyl adjacent to an activating group) is 1. The van der Waals surface area contributed by atoms with Crippen LogP contribution >= 0.6 is 0 Å². The molecule has 0 saturated carbocycles. The summed E-state index contributed by atoms with van der Waals surface area (Å²) in [5.74, 6) is 0.163. The Balaban J connectivity index is 1.54. The molecule has 0 fully saturated rings. The number of aromatic nitrogens is 1. The summed E-state index contributed by atoms with van der Waals surface area (Å²) in [6.45, 7) is 0.615. The second kappa shape index (κ2) is 7.88. The molecule has 1 amide bonds. The molecule has 1 unspecified atom stereocenters. The van der Waals surface area contributed by atoms with E-state index in [9.17, 15) is 13.6 Å². The molecule has 0 saturated heterocycles. The number of hydrogen-bond donors (Lipinski definition) is 2. The Morgan fingerprint density at radius 1 is 1.08 bits per heavy atom. The van der Waals surface area contributed by atoms with Gasteiger partial charge in [-0.15, -0.1) is 0 Å². The Morgan fingerprint density at radius 2 is 1.69 bits per heavy atom. The van der Waals surface area contributed by atoms with Gasteiger partial charge in [-0.05, 0) is 48.5 Å². The van der Waals surface area contributed by atoms with E-state index in [1.165, 1.54) is 36.4 Å². The van der Waals surface area contributed by atoms with E-state index in [2.05, 4.69) is 10.3 Å². The SMILES string of the molecule is C[NH+](CC(=O)Nc1ccc(F)cc1)Cc1ncc(-c2ccc(F)cc2)o1. The van der Waals surface area contributed by atoms with E-state index in [0.29, 0.717) is 23.9 Å². The summed E-state index contributed by atoms with van der Waals surface area (Å²) in [7, 11) is 1.84. The summed E-state index contributed by atoms with van der Waals surface area (Å²) in [6.07, 6.45) is 1.58. The molecule has 134 valence electrons. The molecule has 1 atom stereocenters. The van der Waals surface area contributed by atoms with Crippen LogP contribution in [0.1, 0.15) is 5.89 Å². The van der Waals surface area contributed by atoms with Crippen molar-refractivity contribution in [3.8, 4) is 11.3 Å². The second-order valence-electron chi connectivity index (χ2n) is 5.99. The number of hydrogen-bond acceptors (Lipinski definition) is 3. The summed E-state index contributed by atoms with van der Waals surface area (Å²) in [4.78, 5) is 17.1. The molecule has 3 aromatic rings. The maximum atomic E-state index is 13.0. The first-order valence-electron chi connectivity index (χ1n) is 8.07. The van der Waals surface area contributed by atoms with Crippen LogP contribution < -0.4 is 10.2 Å². The van der Waals surface area contributed by atoms with Crippen molar-refractivity contribution in [2.75, 3.05) is 18.9 Å². The van der Waals surface area contributed by atoms with Crippen molar-refractivity contribution in [1.82, 2.24) is 4.98 Å². The number of halogens is 2. The predicted molar refractivity (Wildman–Crippen MR) is 92.4 cm³/mol. The van der Waals surface area contributed by atoms with Crippen LogP contribution in [0.2, 0.25) is 0 Å². The Labute approximate surface area is 149 Å². The fraction of sp³-hybridized carbons (Fsp3) is 0.158. The van der Waals surface area contributed by atoms with Gasteiger partial charge < -0.3 is 14.6 Å². The number of oxazole rings is 1. The fourth-order valence-corrected chi connectivity index (χ4v) is 2.47. The first kappa shape index (κ1) is 17.8. The molecule has 0 aliphatic heterocycles. The van der Waals surface area contributed by atoms with Crippen molar-refractivity contribution in [2.45, 2.75) is 6.54 Å². The van der Waals surface area contributed by atoms with Crippen LogP contribution in [-0.2, 0) is 11.3 Å². The maximum Gasteiger partial charge on any atom is 0.279 e. The van der Waals surface area contributed by atoms with Gasteiger partial charge in [0, 0.05) is 11.3 Å². The Hall–Kier alpha value is -3.06. The summed E-state index contributed by atoms with van der Waals surface area (Å²) in [6, 6.07) is 11.5. The molecule has 0 aliphatic carbocycles. The lowest BCUT2D eigenvalue weighted by Gasteiger charge is -2.12. The zero-order valence-corrected chi connectivity index (χ0v) is 14.1. The van der Waals surface area contributed by atoms with Crippen LogP contribution in [0, 0.1) is 11.6 Å². The summed E-state index contributed by atoms with van der Waals surface area (Å²) in [5, 5.41) is 2.71. The zero-order chi connectivity index (χ0) is 18.5. The molecule has 0 radical (unpaired) electrons. The van der Waals surface area contributed by atoms with Gasteiger partial charge in [0.05, 0.1) is 13.2 Å². The standard InChI is InChI=1S/C19H17F2N3O2/c1-24(11-18(25)23-16-8-6-15(21)7-9-16)12-19-22-10-17(26-19)13-2-4-14(20)5-3-13/h2-10H,11-12H2,1H3,(H,23,25)/p+1. The number of anilines is 1. The lowest BCUT2D eigenvalue weighted by molar-refractivity contribution is -0.886. The summed E-state index contributed by atoms with van der Waals surface area (Å²) < 4.78 is 31.5. The average molecular weight is 358 g/mol. The molecule has 1 heterocycles. The fourth-order valence-electron chi connectivity index (χ4n) is 2.47. The van der Waals surface area contributed by atoms with E-state index in [-0.39, 0.29) is 24.1 Å². The molecular formula is C19H18F2N3O2+. The number of carbonyl (C=O) groups is 1. The van der Waals surface area contributed by atoms with Gasteiger partial charge in [-0.2, -0.15) is 0 Å². The Kier molecular flexibility index (Phi) is 5.38. The largest absolute Gasteiger partial charge is 0.435 e. The van der Waals surface area contributed by atoms with Crippen LogP contribution in [-0.4, -0.2) is 24.5 Å². The Bertz CT molecular complexity index is 877. The third-order valence-electron chi connectivity index (χ3n) is 3.73. The number of nitrogens with zero attached hydrogens (tertiary/aromatic N) is 1. The van der Waals surface area contributed by atoms with Crippen molar-refractivity contribution < 1.29 is 22.9 Å². The summed E-state index contributed by atoms with van der Waals surface area (Å²) in [5.41, 5.74) is 1.27. The highest BCUT2D eigenvalue weighted by Crippen LogP contribution is 2.20. The lowest BCUT2D eigenvalue weighted by atomic mass is 10.2. The molecule has 2 aromatic carbocycles. The minimum atomic E-state index is -0.355. The van der Waals surface area contributed by atoms with Crippen LogP contribution in [0.4, 0.5) is 14.5 Å². The topological polar surface area (TPSA) is 59.6 Å². The molecule has 26 heavy (non-hydrogen) atoms. The molecule has 0 bridgehead atoms. The lowest BCUT2D eigenvalue weighted by Crippen LogP contribution is -3.08. The highest BCUT2D eigenvalue weighted by atomic mass is 19.1. The normalized spacial score (nSPS) is 12.0. The zero-order valence-electron chi connectivity index (χ0n) is 14.1. The van der Waals surface area contributed by atoms with Gasteiger partial charge in [0.2, 0.25) is 0 Å².